The first kappa shape index (κ1) is 11.9. The summed E-state index contributed by atoms with van der Waals surface area (Å²) in [5, 5.41) is 19.9. The van der Waals surface area contributed by atoms with Gasteiger partial charge in [0.05, 0.1) is 17.6 Å². The van der Waals surface area contributed by atoms with Crippen molar-refractivity contribution in [2.75, 3.05) is 0 Å². The van der Waals surface area contributed by atoms with Crippen LogP contribution in [0.5, 0.6) is 0 Å². The molecule has 0 aliphatic heterocycles. The van der Waals surface area contributed by atoms with E-state index in [1.807, 2.05) is 0 Å². The van der Waals surface area contributed by atoms with E-state index < -0.39 is 11.5 Å². The largest absolute Gasteiger partial charge is 0.391 e. The van der Waals surface area contributed by atoms with Gasteiger partial charge in [-0.1, -0.05) is 27.2 Å². The molecule has 0 aromatic heterocycles. The molecular weight excluding hydrogens is 198 g/mol. The van der Waals surface area contributed by atoms with Crippen molar-refractivity contribution in [2.45, 2.75) is 59.0 Å². The Bertz CT molecular complexity index is 312. The lowest BCUT2D eigenvalue weighted by atomic mass is 9.67. The van der Waals surface area contributed by atoms with Crippen LogP contribution in [0.25, 0.3) is 0 Å². The Morgan fingerprint density at radius 1 is 1.44 bits per heavy atom. The van der Waals surface area contributed by atoms with Crippen LogP contribution in [0, 0.1) is 34.0 Å². The molecule has 2 fully saturated rings. The van der Waals surface area contributed by atoms with Gasteiger partial charge < -0.3 is 5.11 Å². The quantitative estimate of drug-likeness (QED) is 0.778. The number of hydrogen-bond acceptors (Lipinski definition) is 2. The molecule has 2 aliphatic carbocycles. The fourth-order valence-corrected chi connectivity index (χ4v) is 3.75. The Balaban J connectivity index is 2.14. The maximum Gasteiger partial charge on any atom is 0.0863 e. The van der Waals surface area contributed by atoms with E-state index in [4.69, 9.17) is 0 Å². The van der Waals surface area contributed by atoms with Crippen LogP contribution in [0.2, 0.25) is 0 Å². The second-order valence-corrected chi connectivity index (χ2v) is 7.01. The van der Waals surface area contributed by atoms with E-state index in [0.717, 1.165) is 19.3 Å². The summed E-state index contributed by atoms with van der Waals surface area (Å²) in [6, 6.07) is 2.48. The first-order valence-corrected chi connectivity index (χ1v) is 6.47. The molecule has 0 amide bonds. The van der Waals surface area contributed by atoms with Crippen LogP contribution >= 0.6 is 0 Å². The third-order valence-corrected chi connectivity index (χ3v) is 4.50. The lowest BCUT2D eigenvalue weighted by Crippen LogP contribution is -2.40. The van der Waals surface area contributed by atoms with Gasteiger partial charge >= 0.3 is 0 Å². The molecule has 0 aromatic rings. The van der Waals surface area contributed by atoms with E-state index in [2.05, 4.69) is 26.8 Å². The number of aliphatic hydroxyl groups excluding tert-OH is 1. The van der Waals surface area contributed by atoms with Crippen LogP contribution in [-0.4, -0.2) is 11.2 Å². The smallest absolute Gasteiger partial charge is 0.0863 e. The molecule has 4 atom stereocenters. The third-order valence-electron chi connectivity index (χ3n) is 4.50. The molecule has 0 radical (unpaired) electrons. The predicted octanol–water partition coefficient (Wildman–Crippen LogP) is 3.11. The number of fused-ring (bicyclic) bond motifs is 2. The first-order chi connectivity index (χ1) is 7.37. The Hall–Kier alpha value is -0.550. The predicted molar refractivity (Wildman–Crippen MR) is 63.6 cm³/mol. The summed E-state index contributed by atoms with van der Waals surface area (Å²) < 4.78 is 0. The van der Waals surface area contributed by atoms with E-state index in [0.29, 0.717) is 11.8 Å². The van der Waals surface area contributed by atoms with Gasteiger partial charge in [-0.25, -0.2) is 0 Å². The number of nitrogens with zero attached hydrogens (tertiary/aromatic N) is 1. The summed E-state index contributed by atoms with van der Waals surface area (Å²) in [5.41, 5.74) is -0.318. The SMILES string of the molecule is CC(C)(C)CC(O)C1(C#N)CC2CCC1C2. The summed E-state index contributed by atoms with van der Waals surface area (Å²) in [7, 11) is 0. The van der Waals surface area contributed by atoms with Gasteiger partial charge in [0.25, 0.3) is 0 Å². The Morgan fingerprint density at radius 3 is 2.50 bits per heavy atom. The van der Waals surface area contributed by atoms with Crippen LogP contribution in [-0.2, 0) is 0 Å². The minimum absolute atomic E-state index is 0.102. The van der Waals surface area contributed by atoms with Crippen molar-refractivity contribution >= 4 is 0 Å². The number of aliphatic hydroxyl groups is 1. The normalized spacial score (nSPS) is 39.7. The molecule has 2 bridgehead atoms. The van der Waals surface area contributed by atoms with Crippen LogP contribution in [0.3, 0.4) is 0 Å². The highest BCUT2D eigenvalue weighted by atomic mass is 16.3. The zero-order valence-corrected chi connectivity index (χ0v) is 10.7. The summed E-state index contributed by atoms with van der Waals surface area (Å²) in [5.74, 6) is 1.17. The van der Waals surface area contributed by atoms with Crippen molar-refractivity contribution in [2.24, 2.45) is 22.7 Å². The van der Waals surface area contributed by atoms with Gasteiger partial charge in [0.15, 0.2) is 0 Å². The summed E-state index contributed by atoms with van der Waals surface area (Å²) >= 11 is 0. The molecule has 2 saturated carbocycles. The van der Waals surface area contributed by atoms with Crippen molar-refractivity contribution in [1.82, 2.24) is 0 Å². The molecule has 2 heteroatoms. The van der Waals surface area contributed by atoms with Gasteiger partial charge in [-0.15, -0.1) is 0 Å². The average Bonchev–Trinajstić information content (AvgIpc) is 2.74. The fraction of sp³-hybridized carbons (Fsp3) is 0.929. The third kappa shape index (κ3) is 1.86. The van der Waals surface area contributed by atoms with Gasteiger partial charge in [-0.05, 0) is 42.9 Å². The zero-order valence-electron chi connectivity index (χ0n) is 10.7. The molecule has 90 valence electrons. The van der Waals surface area contributed by atoms with E-state index >= 15 is 0 Å². The lowest BCUT2D eigenvalue weighted by molar-refractivity contribution is -0.00241. The second-order valence-electron chi connectivity index (χ2n) is 7.01. The van der Waals surface area contributed by atoms with Crippen molar-refractivity contribution in [3.63, 3.8) is 0 Å². The Labute approximate surface area is 98.7 Å². The Morgan fingerprint density at radius 2 is 2.12 bits per heavy atom. The standard InChI is InChI=1S/C14H23NO/c1-13(2,3)8-12(16)14(9-15)7-10-4-5-11(14)6-10/h10-12,16H,4-8H2,1-3H3. The molecule has 0 saturated heterocycles. The highest BCUT2D eigenvalue weighted by Gasteiger charge is 2.55. The van der Waals surface area contributed by atoms with E-state index in [1.54, 1.807) is 0 Å². The molecule has 4 unspecified atom stereocenters. The summed E-state index contributed by atoms with van der Waals surface area (Å²) in [4.78, 5) is 0. The molecule has 1 N–H and O–H groups in total. The highest BCUT2D eigenvalue weighted by Crippen LogP contribution is 2.58. The van der Waals surface area contributed by atoms with Gasteiger partial charge in [0, 0.05) is 0 Å². The Kier molecular flexibility index (Phi) is 2.78. The topological polar surface area (TPSA) is 44.0 Å². The van der Waals surface area contributed by atoms with Crippen molar-refractivity contribution in [3.05, 3.63) is 0 Å². The number of hydrogen-bond donors (Lipinski definition) is 1. The molecule has 16 heavy (non-hydrogen) atoms. The van der Waals surface area contributed by atoms with E-state index in [1.165, 1.54) is 12.8 Å². The molecule has 0 spiro atoms. The highest BCUT2D eigenvalue weighted by molar-refractivity contribution is 5.15. The zero-order chi connectivity index (χ0) is 12.0. The average molecular weight is 221 g/mol. The molecule has 2 aliphatic rings. The van der Waals surface area contributed by atoms with Gasteiger partial charge in [-0.2, -0.15) is 5.26 Å². The fourth-order valence-electron chi connectivity index (χ4n) is 3.75. The van der Waals surface area contributed by atoms with Crippen LogP contribution in [0.1, 0.15) is 52.9 Å². The molecule has 0 heterocycles. The van der Waals surface area contributed by atoms with Gasteiger partial charge in [0.2, 0.25) is 0 Å². The molecular formula is C14H23NO. The lowest BCUT2D eigenvalue weighted by Gasteiger charge is -2.38. The monoisotopic (exact) mass is 221 g/mol. The van der Waals surface area contributed by atoms with E-state index in [9.17, 15) is 10.4 Å². The first-order valence-electron chi connectivity index (χ1n) is 6.47. The minimum atomic E-state index is -0.437. The van der Waals surface area contributed by atoms with Crippen LogP contribution in [0.15, 0.2) is 0 Å². The maximum atomic E-state index is 10.4. The molecule has 0 aromatic carbocycles. The molecule has 2 nitrogen and oxygen atoms in total. The maximum absolute atomic E-state index is 10.4. The summed E-state index contributed by atoms with van der Waals surface area (Å²) in [6.07, 6.45) is 4.84. The van der Waals surface area contributed by atoms with Crippen molar-refractivity contribution in [3.8, 4) is 6.07 Å². The molecule has 2 rings (SSSR count). The van der Waals surface area contributed by atoms with E-state index in [-0.39, 0.29) is 5.41 Å². The minimum Gasteiger partial charge on any atom is -0.391 e. The number of nitriles is 1. The summed E-state index contributed by atoms with van der Waals surface area (Å²) in [6.45, 7) is 6.40. The van der Waals surface area contributed by atoms with Gasteiger partial charge in [0.1, 0.15) is 0 Å². The second kappa shape index (κ2) is 3.74. The number of rotatable bonds is 2. The van der Waals surface area contributed by atoms with Gasteiger partial charge in [-0.3, -0.25) is 0 Å². The van der Waals surface area contributed by atoms with Crippen LogP contribution < -0.4 is 0 Å². The van der Waals surface area contributed by atoms with Crippen molar-refractivity contribution in [1.29, 1.82) is 5.26 Å². The van der Waals surface area contributed by atoms with Crippen LogP contribution in [0.4, 0.5) is 0 Å². The van der Waals surface area contributed by atoms with Crippen molar-refractivity contribution < 1.29 is 5.11 Å².